The highest BCUT2D eigenvalue weighted by atomic mass is 14.9. The lowest BCUT2D eigenvalue weighted by Crippen LogP contribution is -2.41. The standard InChI is InChI=1S/C9H22N2/c1-7(2)6-11-9(5-10)8(3)4/h7-9,11H,5-6,10H2,1-4H3. The SMILES string of the molecule is CC(C)CNC(CN)C(C)C. The first-order valence-corrected chi connectivity index (χ1v) is 4.51. The second-order valence-corrected chi connectivity index (χ2v) is 3.89. The lowest BCUT2D eigenvalue weighted by Gasteiger charge is -2.21. The minimum atomic E-state index is 0.484. The van der Waals surface area contributed by atoms with E-state index in [0.717, 1.165) is 13.1 Å². The van der Waals surface area contributed by atoms with Gasteiger partial charge in [0.15, 0.2) is 0 Å². The Morgan fingerprint density at radius 3 is 2.00 bits per heavy atom. The van der Waals surface area contributed by atoms with Crippen molar-refractivity contribution in [3.05, 3.63) is 0 Å². The van der Waals surface area contributed by atoms with Crippen LogP contribution in [0.15, 0.2) is 0 Å². The molecule has 2 nitrogen and oxygen atoms in total. The molecule has 0 saturated carbocycles. The lowest BCUT2D eigenvalue weighted by molar-refractivity contribution is 0.384. The maximum Gasteiger partial charge on any atom is 0.0213 e. The van der Waals surface area contributed by atoms with E-state index in [2.05, 4.69) is 33.0 Å². The quantitative estimate of drug-likeness (QED) is 0.631. The molecule has 0 aliphatic rings. The van der Waals surface area contributed by atoms with Gasteiger partial charge in [-0.15, -0.1) is 0 Å². The van der Waals surface area contributed by atoms with Gasteiger partial charge in [-0.2, -0.15) is 0 Å². The number of nitrogens with one attached hydrogen (secondary N) is 1. The number of nitrogens with two attached hydrogens (primary N) is 1. The van der Waals surface area contributed by atoms with Gasteiger partial charge in [0.25, 0.3) is 0 Å². The van der Waals surface area contributed by atoms with Crippen molar-refractivity contribution < 1.29 is 0 Å². The summed E-state index contributed by atoms with van der Waals surface area (Å²) in [5.74, 6) is 1.35. The Kier molecular flexibility index (Phi) is 5.51. The zero-order valence-electron chi connectivity index (χ0n) is 8.22. The van der Waals surface area contributed by atoms with Crippen LogP contribution in [0.3, 0.4) is 0 Å². The summed E-state index contributed by atoms with van der Waals surface area (Å²) >= 11 is 0. The minimum absolute atomic E-state index is 0.484. The first kappa shape index (κ1) is 10.9. The van der Waals surface area contributed by atoms with Crippen molar-refractivity contribution in [1.29, 1.82) is 0 Å². The second kappa shape index (κ2) is 5.56. The molecule has 3 N–H and O–H groups in total. The molecule has 1 atom stereocenters. The van der Waals surface area contributed by atoms with Gasteiger partial charge in [-0.3, -0.25) is 0 Å². The van der Waals surface area contributed by atoms with E-state index in [1.807, 2.05) is 0 Å². The summed E-state index contributed by atoms with van der Waals surface area (Å²) in [5, 5.41) is 3.44. The summed E-state index contributed by atoms with van der Waals surface area (Å²) in [7, 11) is 0. The van der Waals surface area contributed by atoms with Crippen LogP contribution in [0.5, 0.6) is 0 Å². The van der Waals surface area contributed by atoms with Crippen molar-refractivity contribution in [3.63, 3.8) is 0 Å². The number of rotatable bonds is 5. The zero-order chi connectivity index (χ0) is 8.85. The van der Waals surface area contributed by atoms with Crippen LogP contribution in [0, 0.1) is 11.8 Å². The molecule has 68 valence electrons. The molecule has 0 spiro atoms. The molecule has 0 aromatic rings. The Morgan fingerprint density at radius 2 is 1.73 bits per heavy atom. The molecule has 0 aliphatic carbocycles. The topological polar surface area (TPSA) is 38.0 Å². The van der Waals surface area contributed by atoms with Gasteiger partial charge >= 0.3 is 0 Å². The van der Waals surface area contributed by atoms with Crippen LogP contribution >= 0.6 is 0 Å². The molecule has 0 saturated heterocycles. The number of hydrogen-bond donors (Lipinski definition) is 2. The van der Waals surface area contributed by atoms with Gasteiger partial charge in [0.1, 0.15) is 0 Å². The summed E-state index contributed by atoms with van der Waals surface area (Å²) < 4.78 is 0. The fourth-order valence-electron chi connectivity index (χ4n) is 0.978. The largest absolute Gasteiger partial charge is 0.329 e. The van der Waals surface area contributed by atoms with Gasteiger partial charge in [0.2, 0.25) is 0 Å². The Hall–Kier alpha value is -0.0800. The first-order chi connectivity index (χ1) is 5.07. The molecule has 0 amide bonds. The average molecular weight is 158 g/mol. The molecule has 0 aromatic heterocycles. The van der Waals surface area contributed by atoms with Crippen LogP contribution in [0.25, 0.3) is 0 Å². The Bertz CT molecular complexity index is 89.6. The van der Waals surface area contributed by atoms with E-state index in [-0.39, 0.29) is 0 Å². The molecule has 0 bridgehead atoms. The molecule has 11 heavy (non-hydrogen) atoms. The normalized spacial score (nSPS) is 14.5. The molecule has 0 fully saturated rings. The van der Waals surface area contributed by atoms with Crippen molar-refractivity contribution in [1.82, 2.24) is 5.32 Å². The van der Waals surface area contributed by atoms with Crippen LogP contribution in [0.1, 0.15) is 27.7 Å². The van der Waals surface area contributed by atoms with Gasteiger partial charge in [0, 0.05) is 12.6 Å². The van der Waals surface area contributed by atoms with E-state index in [4.69, 9.17) is 5.73 Å². The van der Waals surface area contributed by atoms with Crippen molar-refractivity contribution in [2.45, 2.75) is 33.7 Å². The highest BCUT2D eigenvalue weighted by molar-refractivity contribution is 4.71. The molecule has 0 aromatic carbocycles. The average Bonchev–Trinajstić information content (AvgIpc) is 1.87. The predicted molar refractivity (Wildman–Crippen MR) is 50.5 cm³/mol. The van der Waals surface area contributed by atoms with Gasteiger partial charge in [-0.05, 0) is 18.4 Å². The number of hydrogen-bond acceptors (Lipinski definition) is 2. The monoisotopic (exact) mass is 158 g/mol. The molecular formula is C9H22N2. The van der Waals surface area contributed by atoms with Gasteiger partial charge in [-0.25, -0.2) is 0 Å². The van der Waals surface area contributed by atoms with Crippen LogP contribution in [-0.2, 0) is 0 Å². The van der Waals surface area contributed by atoms with Crippen molar-refractivity contribution >= 4 is 0 Å². The van der Waals surface area contributed by atoms with E-state index < -0.39 is 0 Å². The van der Waals surface area contributed by atoms with Gasteiger partial charge in [0.05, 0.1) is 0 Å². The minimum Gasteiger partial charge on any atom is -0.329 e. The summed E-state index contributed by atoms with van der Waals surface area (Å²) in [5.41, 5.74) is 5.60. The predicted octanol–water partition coefficient (Wildman–Crippen LogP) is 1.22. The fourth-order valence-corrected chi connectivity index (χ4v) is 0.978. The van der Waals surface area contributed by atoms with Gasteiger partial charge < -0.3 is 11.1 Å². The maximum atomic E-state index is 5.60. The summed E-state index contributed by atoms with van der Waals surface area (Å²) in [6, 6.07) is 0.484. The Balaban J connectivity index is 3.52. The highest BCUT2D eigenvalue weighted by Crippen LogP contribution is 2.00. The van der Waals surface area contributed by atoms with E-state index in [1.165, 1.54) is 0 Å². The molecule has 2 heteroatoms. The summed E-state index contributed by atoms with van der Waals surface area (Å²) in [6.07, 6.45) is 0. The Morgan fingerprint density at radius 1 is 1.18 bits per heavy atom. The van der Waals surface area contributed by atoms with E-state index in [9.17, 15) is 0 Å². The van der Waals surface area contributed by atoms with Crippen molar-refractivity contribution in [2.75, 3.05) is 13.1 Å². The third-order valence-corrected chi connectivity index (χ3v) is 1.85. The van der Waals surface area contributed by atoms with Crippen LogP contribution < -0.4 is 11.1 Å². The molecule has 1 unspecified atom stereocenters. The fraction of sp³-hybridized carbons (Fsp3) is 1.00. The second-order valence-electron chi connectivity index (χ2n) is 3.89. The molecule has 0 radical (unpaired) electrons. The van der Waals surface area contributed by atoms with Gasteiger partial charge in [-0.1, -0.05) is 27.7 Å². The summed E-state index contributed by atoms with van der Waals surface area (Å²) in [4.78, 5) is 0. The smallest absolute Gasteiger partial charge is 0.0213 e. The van der Waals surface area contributed by atoms with E-state index in [0.29, 0.717) is 17.9 Å². The highest BCUT2D eigenvalue weighted by Gasteiger charge is 2.09. The molecular weight excluding hydrogens is 136 g/mol. The van der Waals surface area contributed by atoms with Crippen molar-refractivity contribution in [2.24, 2.45) is 17.6 Å². The summed E-state index contributed by atoms with van der Waals surface area (Å²) in [6.45, 7) is 10.6. The third kappa shape index (κ3) is 5.22. The molecule has 0 heterocycles. The van der Waals surface area contributed by atoms with Crippen LogP contribution in [-0.4, -0.2) is 19.1 Å². The van der Waals surface area contributed by atoms with Crippen LogP contribution in [0.2, 0.25) is 0 Å². The molecule has 0 rings (SSSR count). The maximum absolute atomic E-state index is 5.60. The van der Waals surface area contributed by atoms with E-state index >= 15 is 0 Å². The Labute approximate surface area is 70.5 Å². The zero-order valence-corrected chi connectivity index (χ0v) is 8.22. The molecule has 0 aliphatic heterocycles. The lowest BCUT2D eigenvalue weighted by atomic mass is 10.0. The van der Waals surface area contributed by atoms with E-state index in [1.54, 1.807) is 0 Å². The third-order valence-electron chi connectivity index (χ3n) is 1.85. The van der Waals surface area contributed by atoms with Crippen molar-refractivity contribution in [3.8, 4) is 0 Å². The van der Waals surface area contributed by atoms with Crippen LogP contribution in [0.4, 0.5) is 0 Å². The first-order valence-electron chi connectivity index (χ1n) is 4.51.